The van der Waals surface area contributed by atoms with Gasteiger partial charge in [-0.2, -0.15) is 0 Å². The van der Waals surface area contributed by atoms with E-state index in [0.717, 1.165) is 16.2 Å². The molecule has 3 nitrogen and oxygen atoms in total. The number of hydrogen-bond acceptors (Lipinski definition) is 4. The number of benzene rings is 2. The van der Waals surface area contributed by atoms with Gasteiger partial charge in [-0.3, -0.25) is 4.79 Å². The van der Waals surface area contributed by atoms with Gasteiger partial charge in [0.2, 0.25) is 0 Å². The van der Waals surface area contributed by atoms with Crippen LogP contribution in [-0.4, -0.2) is 22.7 Å². The summed E-state index contributed by atoms with van der Waals surface area (Å²) in [6.07, 6.45) is -0.544. The number of Topliss-reactive ketones (excluding diaryl/α,β-unsaturated/α-hetero) is 1. The molecule has 3 rings (SSSR count). The second kappa shape index (κ2) is 6.43. The van der Waals surface area contributed by atoms with Gasteiger partial charge in [0, 0.05) is 4.90 Å². The van der Waals surface area contributed by atoms with Crippen molar-refractivity contribution in [1.29, 1.82) is 0 Å². The fourth-order valence-corrected chi connectivity index (χ4v) is 4.71. The number of thioether (sulfide) groups is 1. The van der Waals surface area contributed by atoms with Crippen molar-refractivity contribution in [2.75, 3.05) is 7.11 Å². The average molecular weight is 363 g/mol. The Labute approximate surface area is 151 Å². The lowest BCUT2D eigenvalue weighted by Crippen LogP contribution is -2.36. The lowest BCUT2D eigenvalue weighted by Gasteiger charge is -2.25. The molecule has 126 valence electrons. The lowest BCUT2D eigenvalue weighted by atomic mass is 9.99. The van der Waals surface area contributed by atoms with E-state index < -0.39 is 15.9 Å². The van der Waals surface area contributed by atoms with E-state index in [-0.39, 0.29) is 5.78 Å². The molecule has 0 radical (unpaired) electrons. The first-order valence-electron chi connectivity index (χ1n) is 7.66. The summed E-state index contributed by atoms with van der Waals surface area (Å²) in [7, 11) is 1.62. The molecule has 0 unspecified atom stereocenters. The SMILES string of the molecule is COc1ccc([C@H]2OC(C)(C)C(=O)[C@@]2(Cl)Sc2ccccc2)cc1. The fraction of sp³-hybridized carbons (Fsp3) is 0.316. The Morgan fingerprint density at radius 2 is 1.71 bits per heavy atom. The normalized spacial score (nSPS) is 25.7. The van der Waals surface area contributed by atoms with E-state index in [1.54, 1.807) is 21.0 Å². The predicted octanol–water partition coefficient (Wildman–Crippen LogP) is 4.84. The number of ketones is 1. The van der Waals surface area contributed by atoms with Crippen molar-refractivity contribution in [3.8, 4) is 5.75 Å². The van der Waals surface area contributed by atoms with E-state index in [2.05, 4.69) is 0 Å². The molecule has 0 aliphatic carbocycles. The first kappa shape index (κ1) is 17.3. The van der Waals surface area contributed by atoms with Crippen molar-refractivity contribution >= 4 is 29.1 Å². The summed E-state index contributed by atoms with van der Waals surface area (Å²) >= 11 is 8.21. The molecule has 0 bridgehead atoms. The van der Waals surface area contributed by atoms with Gasteiger partial charge in [0.25, 0.3) is 0 Å². The highest BCUT2D eigenvalue weighted by molar-refractivity contribution is 8.02. The van der Waals surface area contributed by atoms with Gasteiger partial charge in [-0.05, 0) is 43.7 Å². The molecule has 0 aromatic heterocycles. The second-order valence-corrected chi connectivity index (χ2v) is 8.31. The van der Waals surface area contributed by atoms with E-state index in [4.69, 9.17) is 21.1 Å². The summed E-state index contributed by atoms with van der Waals surface area (Å²) in [6.45, 7) is 3.53. The first-order chi connectivity index (χ1) is 11.4. The quantitative estimate of drug-likeness (QED) is 0.729. The van der Waals surface area contributed by atoms with Crippen LogP contribution in [0.4, 0.5) is 0 Å². The van der Waals surface area contributed by atoms with Gasteiger partial charge in [0.15, 0.2) is 9.99 Å². The maximum absolute atomic E-state index is 13.0. The smallest absolute Gasteiger partial charge is 0.198 e. The van der Waals surface area contributed by atoms with E-state index >= 15 is 0 Å². The third-order valence-corrected chi connectivity index (χ3v) is 5.84. The van der Waals surface area contributed by atoms with E-state index in [9.17, 15) is 4.79 Å². The van der Waals surface area contributed by atoms with Crippen molar-refractivity contribution in [1.82, 2.24) is 0 Å². The van der Waals surface area contributed by atoms with Gasteiger partial charge in [-0.1, -0.05) is 53.7 Å². The number of ether oxygens (including phenoxy) is 2. The van der Waals surface area contributed by atoms with Crippen LogP contribution in [0.15, 0.2) is 59.5 Å². The number of alkyl halides is 1. The zero-order chi connectivity index (χ0) is 17.4. The molecule has 2 atom stereocenters. The molecule has 1 aliphatic heterocycles. The summed E-state index contributed by atoms with van der Waals surface area (Å²) in [4.78, 5) is 13.9. The fourth-order valence-electron chi connectivity index (χ4n) is 2.77. The molecule has 0 spiro atoms. The van der Waals surface area contributed by atoms with Crippen LogP contribution < -0.4 is 4.74 Å². The van der Waals surface area contributed by atoms with Gasteiger partial charge in [0.1, 0.15) is 17.5 Å². The highest BCUT2D eigenvalue weighted by atomic mass is 35.5. The minimum atomic E-state index is -1.21. The highest BCUT2D eigenvalue weighted by Crippen LogP contribution is 2.56. The van der Waals surface area contributed by atoms with Crippen molar-refractivity contribution in [3.63, 3.8) is 0 Å². The summed E-state index contributed by atoms with van der Waals surface area (Å²) < 4.78 is 10.1. The minimum absolute atomic E-state index is 0.119. The van der Waals surface area contributed by atoms with Crippen LogP contribution in [-0.2, 0) is 9.53 Å². The molecular weight excluding hydrogens is 344 g/mol. The van der Waals surface area contributed by atoms with Gasteiger partial charge in [0.05, 0.1) is 7.11 Å². The lowest BCUT2D eigenvalue weighted by molar-refractivity contribution is -0.129. The molecular formula is C19H19ClO3S. The number of halogens is 1. The number of carbonyl (C=O) groups excluding carboxylic acids is 1. The van der Waals surface area contributed by atoms with Crippen LogP contribution in [0, 0.1) is 0 Å². The molecule has 2 aromatic carbocycles. The number of methoxy groups -OCH3 is 1. The molecule has 0 saturated carbocycles. The Morgan fingerprint density at radius 3 is 2.29 bits per heavy atom. The van der Waals surface area contributed by atoms with Crippen LogP contribution in [0.3, 0.4) is 0 Å². The van der Waals surface area contributed by atoms with Crippen LogP contribution >= 0.6 is 23.4 Å². The Kier molecular flexibility index (Phi) is 4.65. The maximum atomic E-state index is 13.0. The molecule has 0 N–H and O–H groups in total. The zero-order valence-electron chi connectivity index (χ0n) is 13.8. The van der Waals surface area contributed by atoms with Gasteiger partial charge in [-0.25, -0.2) is 0 Å². The minimum Gasteiger partial charge on any atom is -0.497 e. The maximum Gasteiger partial charge on any atom is 0.198 e. The summed E-state index contributed by atoms with van der Waals surface area (Å²) in [5, 5.41) is 0. The number of rotatable bonds is 4. The highest BCUT2D eigenvalue weighted by Gasteiger charge is 2.60. The van der Waals surface area contributed by atoms with Crippen molar-refractivity contribution in [2.45, 2.75) is 34.7 Å². The third kappa shape index (κ3) is 3.06. The molecule has 2 aromatic rings. The van der Waals surface area contributed by atoms with Crippen molar-refractivity contribution in [3.05, 3.63) is 60.2 Å². The Bertz CT molecular complexity index is 730. The Balaban J connectivity index is 1.99. The predicted molar refractivity (Wildman–Crippen MR) is 96.8 cm³/mol. The van der Waals surface area contributed by atoms with E-state index in [0.29, 0.717) is 0 Å². The molecule has 1 fully saturated rings. The van der Waals surface area contributed by atoms with Crippen molar-refractivity contribution < 1.29 is 14.3 Å². The van der Waals surface area contributed by atoms with Crippen LogP contribution in [0.2, 0.25) is 0 Å². The molecule has 0 amide bonds. The summed E-state index contributed by atoms with van der Waals surface area (Å²) in [5.41, 5.74) is -0.0816. The molecule has 1 aliphatic rings. The van der Waals surface area contributed by atoms with Crippen LogP contribution in [0.1, 0.15) is 25.5 Å². The monoisotopic (exact) mass is 362 g/mol. The topological polar surface area (TPSA) is 35.5 Å². The van der Waals surface area contributed by atoms with Crippen molar-refractivity contribution in [2.24, 2.45) is 0 Å². The third-order valence-electron chi connectivity index (χ3n) is 4.03. The Morgan fingerprint density at radius 1 is 1.08 bits per heavy atom. The summed E-state index contributed by atoms with van der Waals surface area (Å²) in [5.74, 6) is 0.629. The summed E-state index contributed by atoms with van der Waals surface area (Å²) in [6, 6.07) is 17.1. The van der Waals surface area contributed by atoms with Gasteiger partial charge < -0.3 is 9.47 Å². The van der Waals surface area contributed by atoms with E-state index in [1.165, 1.54) is 11.8 Å². The standard InChI is InChI=1S/C19H19ClO3S/c1-18(2)17(21)19(20,24-15-7-5-4-6-8-15)16(23-18)13-9-11-14(22-3)12-10-13/h4-12,16H,1-3H3/t16-,19+/m1/s1. The molecule has 5 heteroatoms. The van der Waals surface area contributed by atoms with Gasteiger partial charge in [-0.15, -0.1) is 0 Å². The molecule has 1 heterocycles. The molecule has 1 saturated heterocycles. The largest absolute Gasteiger partial charge is 0.497 e. The first-order valence-corrected chi connectivity index (χ1v) is 8.86. The zero-order valence-corrected chi connectivity index (χ0v) is 15.4. The average Bonchev–Trinajstić information content (AvgIpc) is 2.76. The Hall–Kier alpha value is -1.49. The van der Waals surface area contributed by atoms with Crippen LogP contribution in [0.5, 0.6) is 5.75 Å². The molecule has 24 heavy (non-hydrogen) atoms. The number of hydrogen-bond donors (Lipinski definition) is 0. The van der Waals surface area contributed by atoms with Crippen LogP contribution in [0.25, 0.3) is 0 Å². The second-order valence-electron chi connectivity index (χ2n) is 6.17. The van der Waals surface area contributed by atoms with E-state index in [1.807, 2.05) is 54.6 Å². The van der Waals surface area contributed by atoms with Gasteiger partial charge >= 0.3 is 0 Å². The number of carbonyl (C=O) groups is 1.